The van der Waals surface area contributed by atoms with Gasteiger partial charge in [-0.2, -0.15) is 0 Å². The molecule has 0 bridgehead atoms. The van der Waals surface area contributed by atoms with Crippen molar-refractivity contribution < 1.29 is 9.90 Å². The number of aliphatic carboxylic acids is 1. The Morgan fingerprint density at radius 1 is 1.26 bits per heavy atom. The fourth-order valence-electron chi connectivity index (χ4n) is 1.79. The minimum absolute atomic E-state index is 0.0702. The third-order valence-electron chi connectivity index (χ3n) is 2.68. The second-order valence-corrected chi connectivity index (χ2v) is 5.23. The van der Waals surface area contributed by atoms with E-state index in [0.717, 1.165) is 16.8 Å². The fraction of sp³-hybridized carbons (Fsp3) is 0.143. The van der Waals surface area contributed by atoms with Gasteiger partial charge < -0.3 is 5.11 Å². The van der Waals surface area contributed by atoms with Crippen LogP contribution in [0.4, 0.5) is 0 Å². The van der Waals surface area contributed by atoms with Gasteiger partial charge >= 0.3 is 5.97 Å². The largest absolute Gasteiger partial charge is 0.481 e. The van der Waals surface area contributed by atoms with Gasteiger partial charge in [0.2, 0.25) is 0 Å². The smallest absolute Gasteiger partial charge is 0.303 e. The molecule has 0 atom stereocenters. The molecule has 2 aromatic rings. The zero-order valence-corrected chi connectivity index (χ0v) is 12.3. The maximum Gasteiger partial charge on any atom is 0.303 e. The Labute approximate surface area is 124 Å². The summed E-state index contributed by atoms with van der Waals surface area (Å²) < 4.78 is 0.696. The molecule has 0 saturated heterocycles. The molecule has 0 aliphatic carbocycles. The number of carboxylic acid groups (broad SMARTS) is 1. The highest BCUT2D eigenvalue weighted by atomic mass is 79.9. The molecule has 0 aliphatic rings. The summed E-state index contributed by atoms with van der Waals surface area (Å²) in [6.07, 6.45) is 0.497. The molecule has 5 heteroatoms. The summed E-state index contributed by atoms with van der Waals surface area (Å²) in [6.45, 7) is 0. The number of aryl methyl sites for hydroxylation is 1. The average molecular weight is 341 g/mol. The van der Waals surface area contributed by atoms with Gasteiger partial charge in [0.25, 0.3) is 0 Å². The summed E-state index contributed by atoms with van der Waals surface area (Å²) in [4.78, 5) is 15.1. The van der Waals surface area contributed by atoms with Crippen LogP contribution in [0.3, 0.4) is 0 Å². The van der Waals surface area contributed by atoms with E-state index in [1.54, 1.807) is 12.1 Å². The summed E-state index contributed by atoms with van der Waals surface area (Å²) in [5, 5.41) is 9.39. The van der Waals surface area contributed by atoms with Crippen molar-refractivity contribution in [3.05, 3.63) is 51.6 Å². The average Bonchev–Trinajstić information content (AvgIpc) is 2.37. The zero-order valence-electron chi connectivity index (χ0n) is 9.94. The summed E-state index contributed by atoms with van der Waals surface area (Å²) in [7, 11) is 0. The first-order valence-corrected chi connectivity index (χ1v) is 6.87. The van der Waals surface area contributed by atoms with Gasteiger partial charge in [-0.05, 0) is 40.0 Å². The van der Waals surface area contributed by atoms with E-state index < -0.39 is 5.97 Å². The second kappa shape index (κ2) is 6.17. The van der Waals surface area contributed by atoms with E-state index in [-0.39, 0.29) is 6.42 Å². The number of carboxylic acids is 1. The third-order valence-corrected chi connectivity index (χ3v) is 3.45. The van der Waals surface area contributed by atoms with Gasteiger partial charge in [-0.15, -0.1) is 0 Å². The van der Waals surface area contributed by atoms with Crippen LogP contribution >= 0.6 is 27.5 Å². The molecule has 0 radical (unpaired) electrons. The summed E-state index contributed by atoms with van der Waals surface area (Å²) >= 11 is 9.50. The molecule has 1 heterocycles. The van der Waals surface area contributed by atoms with Gasteiger partial charge in [-0.25, -0.2) is 4.98 Å². The van der Waals surface area contributed by atoms with Crippen LogP contribution in [0, 0.1) is 0 Å². The highest BCUT2D eigenvalue weighted by Crippen LogP contribution is 2.30. The maximum absolute atomic E-state index is 10.7. The lowest BCUT2D eigenvalue weighted by molar-refractivity contribution is -0.136. The molecule has 19 heavy (non-hydrogen) atoms. The van der Waals surface area contributed by atoms with Crippen molar-refractivity contribution in [2.75, 3.05) is 0 Å². The monoisotopic (exact) mass is 339 g/mol. The van der Waals surface area contributed by atoms with Crippen molar-refractivity contribution in [3.63, 3.8) is 0 Å². The minimum atomic E-state index is -0.826. The third kappa shape index (κ3) is 3.55. The van der Waals surface area contributed by atoms with Crippen LogP contribution in [0.15, 0.2) is 41.0 Å². The number of hydrogen-bond donors (Lipinski definition) is 1. The van der Waals surface area contributed by atoms with Crippen molar-refractivity contribution in [1.82, 2.24) is 4.98 Å². The molecular weight excluding hydrogens is 330 g/mol. The van der Waals surface area contributed by atoms with E-state index in [1.165, 1.54) is 0 Å². The summed E-state index contributed by atoms with van der Waals surface area (Å²) in [6, 6.07) is 11.1. The number of pyridine rings is 1. The molecule has 2 rings (SSSR count). The first kappa shape index (κ1) is 14.0. The van der Waals surface area contributed by atoms with E-state index in [9.17, 15) is 4.79 Å². The number of aromatic nitrogens is 1. The number of benzene rings is 1. The summed E-state index contributed by atoms with van der Waals surface area (Å²) in [5.74, 6) is -0.826. The van der Waals surface area contributed by atoms with Crippen molar-refractivity contribution in [1.29, 1.82) is 0 Å². The predicted octanol–water partition coefficient (Wildman–Crippen LogP) is 4.18. The second-order valence-electron chi connectivity index (χ2n) is 4.02. The number of halogens is 2. The fourth-order valence-corrected chi connectivity index (χ4v) is 2.33. The Balaban J connectivity index is 2.46. The zero-order chi connectivity index (χ0) is 13.8. The van der Waals surface area contributed by atoms with Crippen molar-refractivity contribution in [2.24, 2.45) is 0 Å². The van der Waals surface area contributed by atoms with Crippen LogP contribution in [-0.2, 0) is 11.2 Å². The number of nitrogens with zero attached hydrogens (tertiary/aromatic N) is 1. The van der Waals surface area contributed by atoms with Crippen LogP contribution in [-0.4, -0.2) is 16.1 Å². The van der Waals surface area contributed by atoms with Crippen LogP contribution in [0.2, 0.25) is 5.02 Å². The highest BCUT2D eigenvalue weighted by molar-refractivity contribution is 9.10. The van der Waals surface area contributed by atoms with E-state index in [2.05, 4.69) is 20.9 Å². The summed E-state index contributed by atoms with van der Waals surface area (Å²) in [5.41, 5.74) is 2.41. The Morgan fingerprint density at radius 2 is 2.00 bits per heavy atom. The standard InChI is InChI=1S/C14H11BrClNO2/c15-12-7-5-9(6-8-13(18)19)14(17-12)10-3-1-2-4-11(10)16/h1-5,7H,6,8H2,(H,18,19). The van der Waals surface area contributed by atoms with Gasteiger partial charge in [-0.1, -0.05) is 35.9 Å². The SMILES string of the molecule is O=C(O)CCc1ccc(Br)nc1-c1ccccc1Cl. The molecule has 0 unspecified atom stereocenters. The molecule has 1 N–H and O–H groups in total. The molecule has 3 nitrogen and oxygen atoms in total. The first-order chi connectivity index (χ1) is 9.08. The van der Waals surface area contributed by atoms with Gasteiger partial charge in [0.1, 0.15) is 4.60 Å². The van der Waals surface area contributed by atoms with E-state index in [0.29, 0.717) is 16.0 Å². The Morgan fingerprint density at radius 3 is 2.68 bits per heavy atom. The molecule has 0 saturated carbocycles. The predicted molar refractivity (Wildman–Crippen MR) is 78.3 cm³/mol. The maximum atomic E-state index is 10.7. The van der Waals surface area contributed by atoms with E-state index in [4.69, 9.17) is 16.7 Å². The Kier molecular flexibility index (Phi) is 4.56. The lowest BCUT2D eigenvalue weighted by Gasteiger charge is -2.10. The first-order valence-electron chi connectivity index (χ1n) is 5.70. The van der Waals surface area contributed by atoms with Crippen LogP contribution < -0.4 is 0 Å². The molecular formula is C14H11BrClNO2. The Bertz CT molecular complexity index is 616. The molecule has 0 spiro atoms. The van der Waals surface area contributed by atoms with Crippen molar-refractivity contribution in [2.45, 2.75) is 12.8 Å². The normalized spacial score (nSPS) is 10.4. The van der Waals surface area contributed by atoms with Crippen molar-refractivity contribution in [3.8, 4) is 11.3 Å². The molecule has 0 amide bonds. The van der Waals surface area contributed by atoms with Crippen LogP contribution in [0.25, 0.3) is 11.3 Å². The number of carbonyl (C=O) groups is 1. The molecule has 0 fully saturated rings. The van der Waals surface area contributed by atoms with Gasteiger partial charge in [0, 0.05) is 17.0 Å². The van der Waals surface area contributed by atoms with Gasteiger partial charge in [0.05, 0.1) is 5.69 Å². The Hall–Kier alpha value is -1.39. The van der Waals surface area contributed by atoms with Gasteiger partial charge in [-0.3, -0.25) is 4.79 Å². The quantitative estimate of drug-likeness (QED) is 0.849. The van der Waals surface area contributed by atoms with E-state index >= 15 is 0 Å². The molecule has 1 aromatic carbocycles. The number of rotatable bonds is 4. The van der Waals surface area contributed by atoms with Crippen molar-refractivity contribution >= 4 is 33.5 Å². The number of hydrogen-bond acceptors (Lipinski definition) is 2. The topological polar surface area (TPSA) is 50.2 Å². The van der Waals surface area contributed by atoms with Crippen LogP contribution in [0.5, 0.6) is 0 Å². The molecule has 0 aliphatic heterocycles. The molecule has 98 valence electrons. The lowest BCUT2D eigenvalue weighted by atomic mass is 10.0. The van der Waals surface area contributed by atoms with Crippen LogP contribution in [0.1, 0.15) is 12.0 Å². The lowest BCUT2D eigenvalue weighted by Crippen LogP contribution is -2.00. The minimum Gasteiger partial charge on any atom is -0.481 e. The highest BCUT2D eigenvalue weighted by Gasteiger charge is 2.12. The molecule has 1 aromatic heterocycles. The van der Waals surface area contributed by atoms with Gasteiger partial charge in [0.15, 0.2) is 0 Å². The van der Waals surface area contributed by atoms with E-state index in [1.807, 2.05) is 24.3 Å².